The number of hydrogen-bond acceptors (Lipinski definition) is 5. The summed E-state index contributed by atoms with van der Waals surface area (Å²) in [6.45, 7) is 3.80. The van der Waals surface area contributed by atoms with E-state index in [0.29, 0.717) is 22.2 Å². The van der Waals surface area contributed by atoms with Crippen LogP contribution in [0, 0.1) is 17.0 Å². The molecule has 0 aliphatic rings. The number of hydrogen-bond donors (Lipinski definition) is 1. The molecule has 0 unspecified atom stereocenters. The molecule has 1 N–H and O–H groups in total. The highest BCUT2D eigenvalue weighted by atomic mass is 35.5. The number of aromatic nitrogens is 2. The number of nitrogens with one attached hydrogen (secondary N) is 1. The van der Waals surface area contributed by atoms with E-state index in [4.69, 9.17) is 16.3 Å². The van der Waals surface area contributed by atoms with Gasteiger partial charge in [0.1, 0.15) is 5.82 Å². The number of nitro groups is 1. The average Bonchev–Trinajstić information content (AvgIpc) is 3.02. The number of nitro benzene ring substituents is 1. The minimum atomic E-state index is -0.581. The second-order valence-electron chi connectivity index (χ2n) is 5.89. The molecule has 0 bridgehead atoms. The molecule has 0 aliphatic carbocycles. The zero-order chi connectivity index (χ0) is 20.3. The fraction of sp³-hybridized carbons (Fsp3) is 0.158. The SMILES string of the molecule is CCOc1ccc(C(=O)Nc2cc(C)nn2-c2cccc(Cl)c2)cc1[N+](=O)[O-]. The summed E-state index contributed by atoms with van der Waals surface area (Å²) in [5.41, 5.74) is 1.22. The molecule has 0 aliphatic heterocycles. The van der Waals surface area contributed by atoms with Gasteiger partial charge in [0.25, 0.3) is 5.91 Å². The first-order valence-corrected chi connectivity index (χ1v) is 8.82. The Morgan fingerprint density at radius 3 is 2.75 bits per heavy atom. The highest BCUT2D eigenvalue weighted by molar-refractivity contribution is 6.30. The molecule has 1 amide bonds. The van der Waals surface area contributed by atoms with Crippen molar-refractivity contribution < 1.29 is 14.5 Å². The van der Waals surface area contributed by atoms with Gasteiger partial charge in [-0.3, -0.25) is 14.9 Å². The Kier molecular flexibility index (Phi) is 5.60. The summed E-state index contributed by atoms with van der Waals surface area (Å²) in [5.74, 6) is 0.0273. The lowest BCUT2D eigenvalue weighted by atomic mass is 10.1. The lowest BCUT2D eigenvalue weighted by Crippen LogP contribution is -2.15. The van der Waals surface area contributed by atoms with E-state index in [9.17, 15) is 14.9 Å². The van der Waals surface area contributed by atoms with E-state index in [1.807, 2.05) is 0 Å². The van der Waals surface area contributed by atoms with Crippen molar-refractivity contribution in [1.29, 1.82) is 0 Å². The quantitative estimate of drug-likeness (QED) is 0.488. The molecule has 1 heterocycles. The number of nitrogens with zero attached hydrogens (tertiary/aromatic N) is 3. The Bertz CT molecular complexity index is 1050. The summed E-state index contributed by atoms with van der Waals surface area (Å²) in [4.78, 5) is 23.4. The lowest BCUT2D eigenvalue weighted by molar-refractivity contribution is -0.385. The van der Waals surface area contributed by atoms with Gasteiger partial charge >= 0.3 is 5.69 Å². The van der Waals surface area contributed by atoms with Crippen LogP contribution >= 0.6 is 11.6 Å². The molecule has 0 atom stereocenters. The predicted octanol–water partition coefficient (Wildman–Crippen LogP) is 4.39. The van der Waals surface area contributed by atoms with Crippen molar-refractivity contribution in [2.45, 2.75) is 13.8 Å². The van der Waals surface area contributed by atoms with Gasteiger partial charge in [0.15, 0.2) is 5.75 Å². The van der Waals surface area contributed by atoms with Gasteiger partial charge in [-0.05, 0) is 44.2 Å². The molecule has 28 heavy (non-hydrogen) atoms. The number of rotatable bonds is 6. The van der Waals surface area contributed by atoms with Gasteiger partial charge in [0.05, 0.1) is 22.9 Å². The van der Waals surface area contributed by atoms with Gasteiger partial charge in [-0.15, -0.1) is 0 Å². The van der Waals surface area contributed by atoms with E-state index in [2.05, 4.69) is 10.4 Å². The monoisotopic (exact) mass is 400 g/mol. The van der Waals surface area contributed by atoms with Gasteiger partial charge in [-0.2, -0.15) is 5.10 Å². The van der Waals surface area contributed by atoms with Gasteiger partial charge in [-0.1, -0.05) is 17.7 Å². The van der Waals surface area contributed by atoms with E-state index in [-0.39, 0.29) is 23.6 Å². The third-order valence-corrected chi connectivity index (χ3v) is 4.08. The van der Waals surface area contributed by atoms with Crippen molar-refractivity contribution in [2.75, 3.05) is 11.9 Å². The van der Waals surface area contributed by atoms with Crippen molar-refractivity contribution >= 4 is 29.0 Å². The summed E-state index contributed by atoms with van der Waals surface area (Å²) < 4.78 is 6.79. The van der Waals surface area contributed by atoms with Crippen molar-refractivity contribution in [3.05, 3.63) is 74.9 Å². The number of halogens is 1. The highest BCUT2D eigenvalue weighted by Crippen LogP contribution is 2.28. The smallest absolute Gasteiger partial charge is 0.311 e. The van der Waals surface area contributed by atoms with Crippen LogP contribution in [0.15, 0.2) is 48.5 Å². The van der Waals surface area contributed by atoms with Crippen molar-refractivity contribution in [3.63, 3.8) is 0 Å². The zero-order valence-corrected chi connectivity index (χ0v) is 15.9. The van der Waals surface area contributed by atoms with Crippen LogP contribution in [0.2, 0.25) is 5.02 Å². The summed E-state index contributed by atoms with van der Waals surface area (Å²) >= 11 is 6.04. The summed E-state index contributed by atoms with van der Waals surface area (Å²) in [5, 5.41) is 18.9. The number of amides is 1. The molecule has 0 radical (unpaired) electrons. The predicted molar refractivity (Wildman–Crippen MR) is 106 cm³/mol. The van der Waals surface area contributed by atoms with Crippen molar-refractivity contribution in [3.8, 4) is 11.4 Å². The summed E-state index contributed by atoms with van der Waals surface area (Å²) in [6.07, 6.45) is 0. The number of benzene rings is 2. The Hall–Kier alpha value is -3.39. The molecule has 3 rings (SSSR count). The molecule has 144 valence electrons. The van der Waals surface area contributed by atoms with Crippen LogP contribution in [0.5, 0.6) is 5.75 Å². The first-order valence-electron chi connectivity index (χ1n) is 8.44. The molecular weight excluding hydrogens is 384 g/mol. The number of carbonyl (C=O) groups excluding carboxylic acids is 1. The van der Waals surface area contributed by atoms with Crippen LogP contribution in [0.25, 0.3) is 5.69 Å². The third kappa shape index (κ3) is 4.12. The lowest BCUT2D eigenvalue weighted by Gasteiger charge is -2.10. The molecule has 2 aromatic carbocycles. The van der Waals surface area contributed by atoms with Crippen LogP contribution < -0.4 is 10.1 Å². The maximum absolute atomic E-state index is 12.7. The molecule has 8 nitrogen and oxygen atoms in total. The number of ether oxygens (including phenoxy) is 1. The number of carbonyl (C=O) groups is 1. The first kappa shape index (κ1) is 19.4. The van der Waals surface area contributed by atoms with Crippen LogP contribution in [-0.4, -0.2) is 27.2 Å². The topological polar surface area (TPSA) is 99.3 Å². The molecule has 1 aromatic heterocycles. The maximum atomic E-state index is 12.7. The normalized spacial score (nSPS) is 10.5. The van der Waals surface area contributed by atoms with Gasteiger partial charge in [0.2, 0.25) is 0 Å². The van der Waals surface area contributed by atoms with E-state index in [0.717, 1.165) is 0 Å². The second-order valence-corrected chi connectivity index (χ2v) is 6.33. The number of aryl methyl sites for hydroxylation is 1. The zero-order valence-electron chi connectivity index (χ0n) is 15.2. The van der Waals surface area contributed by atoms with Gasteiger partial charge in [0, 0.05) is 22.7 Å². The average molecular weight is 401 g/mol. The second kappa shape index (κ2) is 8.10. The largest absolute Gasteiger partial charge is 0.487 e. The molecule has 0 spiro atoms. The fourth-order valence-electron chi connectivity index (χ4n) is 2.66. The van der Waals surface area contributed by atoms with Gasteiger partial charge in [-0.25, -0.2) is 4.68 Å². The molecule has 0 fully saturated rings. The molecule has 3 aromatic rings. The Balaban J connectivity index is 1.92. The van der Waals surface area contributed by atoms with Crippen LogP contribution in [0.1, 0.15) is 23.0 Å². The highest BCUT2D eigenvalue weighted by Gasteiger charge is 2.20. The van der Waals surface area contributed by atoms with Crippen LogP contribution in [0.3, 0.4) is 0 Å². The van der Waals surface area contributed by atoms with E-state index < -0.39 is 10.8 Å². The van der Waals surface area contributed by atoms with Crippen molar-refractivity contribution in [2.24, 2.45) is 0 Å². The third-order valence-electron chi connectivity index (χ3n) is 3.84. The van der Waals surface area contributed by atoms with Crippen molar-refractivity contribution in [1.82, 2.24) is 9.78 Å². The standard InChI is InChI=1S/C19H17ClN4O4/c1-3-28-17-8-7-13(10-16(17)24(26)27)19(25)21-18-9-12(2)22-23(18)15-6-4-5-14(20)11-15/h4-11H,3H2,1-2H3,(H,21,25). The maximum Gasteiger partial charge on any atom is 0.311 e. The summed E-state index contributed by atoms with van der Waals surface area (Å²) in [7, 11) is 0. The molecule has 0 saturated heterocycles. The molecule has 9 heteroatoms. The fourth-order valence-corrected chi connectivity index (χ4v) is 2.85. The Morgan fingerprint density at radius 1 is 1.29 bits per heavy atom. The van der Waals surface area contributed by atoms with E-state index >= 15 is 0 Å². The Labute approximate surface area is 165 Å². The Morgan fingerprint density at radius 2 is 2.07 bits per heavy atom. The van der Waals surface area contributed by atoms with Crippen LogP contribution in [0.4, 0.5) is 11.5 Å². The minimum Gasteiger partial charge on any atom is -0.487 e. The minimum absolute atomic E-state index is 0.115. The van der Waals surface area contributed by atoms with Gasteiger partial charge < -0.3 is 10.1 Å². The number of anilines is 1. The van der Waals surface area contributed by atoms with E-state index in [1.54, 1.807) is 48.9 Å². The van der Waals surface area contributed by atoms with Crippen LogP contribution in [-0.2, 0) is 0 Å². The van der Waals surface area contributed by atoms with E-state index in [1.165, 1.54) is 18.2 Å². The summed E-state index contributed by atoms with van der Waals surface area (Å²) in [6, 6.07) is 12.8. The molecular formula is C19H17ClN4O4. The molecule has 0 saturated carbocycles. The first-order chi connectivity index (χ1) is 13.4.